The number of rotatable bonds is 0. The Morgan fingerprint density at radius 2 is 1.50 bits per heavy atom. The van der Waals surface area contributed by atoms with Crippen LogP contribution < -0.4 is 0 Å². The summed E-state index contributed by atoms with van der Waals surface area (Å²) in [6, 6.07) is 0. The van der Waals surface area contributed by atoms with Crippen LogP contribution in [0, 0.1) is 0 Å². The van der Waals surface area contributed by atoms with Gasteiger partial charge in [0.1, 0.15) is 0 Å². The summed E-state index contributed by atoms with van der Waals surface area (Å²) in [5, 5.41) is 7.62. The number of hydrogen-bond donors (Lipinski definition) is 3. The fraction of sp³-hybridized carbons (Fsp3) is 0. The first kappa shape index (κ1) is 4.62. The van der Waals surface area contributed by atoms with Gasteiger partial charge in [0, 0.05) is 0 Å². The lowest BCUT2D eigenvalue weighted by molar-refractivity contribution is 0.130. The molecule has 0 fully saturated rings. The average molecular weight is 97.2 g/mol. The van der Waals surface area contributed by atoms with E-state index in [1.165, 1.54) is 0 Å². The van der Waals surface area contributed by atoms with E-state index < -0.39 is 0 Å². The quantitative estimate of drug-likeness (QED) is 0.300. The second kappa shape index (κ2) is 1.90. The molecule has 0 saturated heterocycles. The highest BCUT2D eigenvalue weighted by atomic mass is 32.2. The Labute approximate surface area is 35.5 Å². The zero-order valence-electron chi connectivity index (χ0n) is 1.79. The molecule has 0 bridgehead atoms. The van der Waals surface area contributed by atoms with Crippen molar-refractivity contribution in [3.05, 3.63) is 0 Å². The number of hydrogen-bond acceptors (Lipinski definition) is 4. The third-order valence-electron chi connectivity index (χ3n) is 0. The van der Waals surface area contributed by atoms with E-state index in [-0.39, 0.29) is 0 Å². The molecule has 4 heavy (non-hydrogen) atoms. The number of thiol groups is 2. The van der Waals surface area contributed by atoms with E-state index in [0.717, 1.165) is 0 Å². The van der Waals surface area contributed by atoms with Crippen molar-refractivity contribution in [2.75, 3.05) is 0 Å². The lowest BCUT2D eigenvalue weighted by Crippen LogP contribution is -1.80. The highest BCUT2D eigenvalue weighted by Crippen LogP contribution is 1.84. The van der Waals surface area contributed by atoms with E-state index in [4.69, 9.17) is 5.21 Å². The predicted molar refractivity (Wildman–Crippen MR) is 21.6 cm³/mol. The number of nitrogens with zero attached hydrogens (tertiary/aromatic N) is 1. The smallest absolute Gasteiger partial charge is 0.0560 e. The molecule has 2 nitrogen and oxygen atoms in total. The SMILES string of the molecule is ON(S)S. The molecule has 0 saturated carbocycles. The van der Waals surface area contributed by atoms with Crippen LogP contribution >= 0.6 is 25.6 Å². The van der Waals surface area contributed by atoms with Gasteiger partial charge in [-0.2, -0.15) is 0 Å². The van der Waals surface area contributed by atoms with E-state index in [1.54, 1.807) is 0 Å². The molecule has 0 heterocycles. The van der Waals surface area contributed by atoms with Crippen LogP contribution in [-0.2, 0) is 0 Å². The van der Waals surface area contributed by atoms with Gasteiger partial charge in [-0.25, -0.2) is 0 Å². The lowest BCUT2D eigenvalue weighted by atomic mass is 13.5. The van der Waals surface area contributed by atoms with Crippen molar-refractivity contribution >= 4 is 25.6 Å². The maximum Gasteiger partial charge on any atom is -0.0560 e. The minimum absolute atomic E-state index is 0.389. The zero-order chi connectivity index (χ0) is 3.58. The van der Waals surface area contributed by atoms with Crippen LogP contribution in [0.4, 0.5) is 0 Å². The molecule has 4 heteroatoms. The summed E-state index contributed by atoms with van der Waals surface area (Å²) in [6.45, 7) is 0. The van der Waals surface area contributed by atoms with Crippen molar-refractivity contribution in [3.8, 4) is 0 Å². The minimum Gasteiger partial charge on any atom is -0.293 e. The summed E-state index contributed by atoms with van der Waals surface area (Å²) < 4.78 is 0.389. The summed E-state index contributed by atoms with van der Waals surface area (Å²) in [5.41, 5.74) is 0. The van der Waals surface area contributed by atoms with Gasteiger partial charge in [-0.05, 0) is 0 Å². The Kier molecular flexibility index (Phi) is 2.19. The predicted octanol–water partition coefficient (Wildman–Crippen LogP) is 0.367. The summed E-state index contributed by atoms with van der Waals surface area (Å²) in [5.74, 6) is 0. The van der Waals surface area contributed by atoms with Crippen molar-refractivity contribution in [2.24, 2.45) is 0 Å². The summed E-state index contributed by atoms with van der Waals surface area (Å²) in [7, 11) is 0. The lowest BCUT2D eigenvalue weighted by Gasteiger charge is -1.84. The fourth-order valence-electron chi connectivity index (χ4n) is 0. The van der Waals surface area contributed by atoms with E-state index in [0.29, 0.717) is 3.87 Å². The molecule has 26 valence electrons. The Bertz CT molecular complexity index is 10.8. The fourth-order valence-corrected chi connectivity index (χ4v) is 0. The van der Waals surface area contributed by atoms with Crippen LogP contribution in [0.5, 0.6) is 0 Å². The summed E-state index contributed by atoms with van der Waals surface area (Å²) in [6.07, 6.45) is 0. The zero-order valence-corrected chi connectivity index (χ0v) is 3.58. The van der Waals surface area contributed by atoms with Gasteiger partial charge >= 0.3 is 0 Å². The molecule has 0 aliphatic rings. The van der Waals surface area contributed by atoms with Crippen LogP contribution in [0.3, 0.4) is 0 Å². The topological polar surface area (TPSA) is 23.5 Å². The summed E-state index contributed by atoms with van der Waals surface area (Å²) >= 11 is 6.44. The van der Waals surface area contributed by atoms with Gasteiger partial charge < -0.3 is 0 Å². The molecule has 1 N–H and O–H groups in total. The largest absolute Gasteiger partial charge is 0.293 e. The normalized spacial score (nSPS) is 9.00. The Balaban J connectivity index is 2.32. The summed E-state index contributed by atoms with van der Waals surface area (Å²) in [4.78, 5) is 0. The second-order valence-electron chi connectivity index (χ2n) is 0.268. The molecule has 0 aliphatic heterocycles. The first-order chi connectivity index (χ1) is 1.73. The van der Waals surface area contributed by atoms with E-state index in [9.17, 15) is 0 Å². The van der Waals surface area contributed by atoms with Crippen LogP contribution in [0.25, 0.3) is 0 Å². The van der Waals surface area contributed by atoms with Crippen LogP contribution in [0.2, 0.25) is 0 Å². The third-order valence-corrected chi connectivity index (χ3v) is 0. The molecular formula is H3NOS2. The van der Waals surface area contributed by atoms with E-state index in [2.05, 4.69) is 25.6 Å². The average Bonchev–Trinajstić information content (AvgIpc) is 0.811. The first-order valence-electron chi connectivity index (χ1n) is 0.600. The second-order valence-corrected chi connectivity index (χ2v) is 1.34. The molecule has 0 rings (SSSR count). The maximum atomic E-state index is 7.62. The Morgan fingerprint density at radius 3 is 1.50 bits per heavy atom. The highest BCUT2D eigenvalue weighted by Gasteiger charge is 1.63. The van der Waals surface area contributed by atoms with Gasteiger partial charge in [-0.1, -0.05) is 29.5 Å². The molecular weight excluding hydrogens is 94.1 g/mol. The van der Waals surface area contributed by atoms with E-state index in [1.807, 2.05) is 0 Å². The van der Waals surface area contributed by atoms with Gasteiger partial charge in [-0.15, -0.1) is 0 Å². The monoisotopic (exact) mass is 97.0 g/mol. The van der Waals surface area contributed by atoms with Crippen molar-refractivity contribution < 1.29 is 5.21 Å². The standard InChI is InChI=1S/H3NOS2/c2-1(3)4/h2-4H. The molecule has 0 radical (unpaired) electrons. The molecule has 0 aromatic heterocycles. The Hall–Kier alpha value is 0.620. The van der Waals surface area contributed by atoms with Crippen LogP contribution in [-0.4, -0.2) is 9.08 Å². The third kappa shape index (κ3) is 17.9. The van der Waals surface area contributed by atoms with Gasteiger partial charge in [0.25, 0.3) is 0 Å². The van der Waals surface area contributed by atoms with Crippen molar-refractivity contribution in [1.29, 1.82) is 0 Å². The van der Waals surface area contributed by atoms with Gasteiger partial charge in [0.05, 0.1) is 0 Å². The Morgan fingerprint density at radius 1 is 1.50 bits per heavy atom. The highest BCUT2D eigenvalue weighted by molar-refractivity contribution is 7.93. The maximum absolute atomic E-state index is 7.62. The van der Waals surface area contributed by atoms with Crippen molar-refractivity contribution in [3.63, 3.8) is 0 Å². The van der Waals surface area contributed by atoms with Crippen LogP contribution in [0.1, 0.15) is 0 Å². The minimum atomic E-state index is 0.389. The molecule has 0 spiro atoms. The molecule has 0 amide bonds. The molecule has 0 unspecified atom stereocenters. The van der Waals surface area contributed by atoms with Crippen molar-refractivity contribution in [2.45, 2.75) is 0 Å². The van der Waals surface area contributed by atoms with Gasteiger partial charge in [-0.3, -0.25) is 5.21 Å². The van der Waals surface area contributed by atoms with Crippen molar-refractivity contribution in [1.82, 2.24) is 3.87 Å². The van der Waals surface area contributed by atoms with E-state index >= 15 is 0 Å². The molecule has 0 aromatic rings. The molecule has 0 aromatic carbocycles. The van der Waals surface area contributed by atoms with Crippen LogP contribution in [0.15, 0.2) is 0 Å². The first-order valence-corrected chi connectivity index (χ1v) is 1.40. The molecule has 0 aliphatic carbocycles. The molecule has 0 atom stereocenters. The van der Waals surface area contributed by atoms with Gasteiger partial charge in [0.15, 0.2) is 0 Å². The van der Waals surface area contributed by atoms with Gasteiger partial charge in [0.2, 0.25) is 0 Å².